The summed E-state index contributed by atoms with van der Waals surface area (Å²) in [5.41, 5.74) is 2.91. The maximum Gasteiger partial charge on any atom is 0.128 e. The van der Waals surface area contributed by atoms with E-state index in [0.717, 1.165) is 22.0 Å². The number of methoxy groups -OCH3 is 1. The van der Waals surface area contributed by atoms with Crippen LogP contribution in [-0.2, 0) is 11.3 Å². The van der Waals surface area contributed by atoms with E-state index in [1.807, 2.05) is 35.9 Å². The van der Waals surface area contributed by atoms with Crippen LogP contribution in [0.25, 0.3) is 5.69 Å². The normalized spacial score (nSPS) is 10.8. The van der Waals surface area contributed by atoms with E-state index in [2.05, 4.69) is 5.10 Å². The molecule has 1 N–H and O–H groups in total. The molecule has 3 nitrogen and oxygen atoms in total. The number of H-pyrrole nitrogens is 1. The van der Waals surface area contributed by atoms with E-state index >= 15 is 0 Å². The molecule has 1 heterocycles. The Morgan fingerprint density at radius 3 is 2.82 bits per heavy atom. The Bertz CT molecular complexity index is 588. The second-order valence-electron chi connectivity index (χ2n) is 3.82. The molecule has 2 rings (SSSR count). The Balaban J connectivity index is 2.45. The van der Waals surface area contributed by atoms with Gasteiger partial charge in [-0.25, -0.2) is 4.68 Å². The van der Waals surface area contributed by atoms with Gasteiger partial charge in [-0.05, 0) is 30.7 Å². The van der Waals surface area contributed by atoms with Gasteiger partial charge in [0.25, 0.3) is 0 Å². The van der Waals surface area contributed by atoms with E-state index in [4.69, 9.17) is 28.6 Å². The zero-order valence-electron chi connectivity index (χ0n) is 9.66. The zero-order valence-corrected chi connectivity index (χ0v) is 11.2. The number of halogens is 1. The van der Waals surface area contributed by atoms with E-state index < -0.39 is 0 Å². The van der Waals surface area contributed by atoms with Crippen molar-refractivity contribution in [2.24, 2.45) is 0 Å². The minimum atomic E-state index is 0.510. The van der Waals surface area contributed by atoms with Crippen molar-refractivity contribution in [3.8, 4) is 5.69 Å². The van der Waals surface area contributed by atoms with Gasteiger partial charge in [-0.15, -0.1) is 0 Å². The molecule has 0 fully saturated rings. The molecule has 2 aromatic rings. The summed E-state index contributed by atoms with van der Waals surface area (Å²) < 4.78 is 7.58. The highest BCUT2D eigenvalue weighted by Gasteiger charge is 2.04. The Labute approximate surface area is 110 Å². The lowest BCUT2D eigenvalue weighted by molar-refractivity contribution is 0.181. The number of aryl methyl sites for hydroxylation is 1. The molecule has 17 heavy (non-hydrogen) atoms. The van der Waals surface area contributed by atoms with Crippen LogP contribution in [0.1, 0.15) is 11.3 Å². The summed E-state index contributed by atoms with van der Waals surface area (Å²) in [6.45, 7) is 2.48. The first-order valence-electron chi connectivity index (χ1n) is 5.18. The second kappa shape index (κ2) is 5.04. The van der Waals surface area contributed by atoms with Crippen LogP contribution in [-0.4, -0.2) is 16.9 Å². The van der Waals surface area contributed by atoms with Gasteiger partial charge >= 0.3 is 0 Å². The van der Waals surface area contributed by atoms with Gasteiger partial charge in [0, 0.05) is 12.1 Å². The molecular formula is C12H13ClN2OS. The molecule has 0 amide bonds. The van der Waals surface area contributed by atoms with Crippen LogP contribution in [0.2, 0.25) is 5.02 Å². The van der Waals surface area contributed by atoms with Crippen molar-refractivity contribution >= 4 is 23.8 Å². The van der Waals surface area contributed by atoms with Crippen LogP contribution in [0.15, 0.2) is 24.3 Å². The summed E-state index contributed by atoms with van der Waals surface area (Å²) in [6, 6.07) is 7.72. The lowest BCUT2D eigenvalue weighted by Gasteiger charge is -2.05. The smallest absolute Gasteiger partial charge is 0.128 e. The highest BCUT2D eigenvalue weighted by Crippen LogP contribution is 2.19. The summed E-state index contributed by atoms with van der Waals surface area (Å²) in [7, 11) is 1.65. The van der Waals surface area contributed by atoms with Gasteiger partial charge in [0.1, 0.15) is 4.64 Å². The Morgan fingerprint density at radius 1 is 1.41 bits per heavy atom. The molecule has 0 radical (unpaired) electrons. The number of nitrogens with zero attached hydrogens (tertiary/aromatic N) is 1. The minimum Gasteiger partial charge on any atom is -0.378 e. The van der Waals surface area contributed by atoms with Crippen molar-refractivity contribution in [2.75, 3.05) is 7.11 Å². The third kappa shape index (κ3) is 2.60. The maximum atomic E-state index is 6.10. The van der Waals surface area contributed by atoms with Crippen LogP contribution in [0.5, 0.6) is 0 Å². The lowest BCUT2D eigenvalue weighted by atomic mass is 10.2. The number of hydrogen-bond donors (Lipinski definition) is 1. The average molecular weight is 269 g/mol. The molecule has 5 heteroatoms. The fraction of sp³-hybridized carbons (Fsp3) is 0.250. The molecule has 0 spiro atoms. The van der Waals surface area contributed by atoms with E-state index in [9.17, 15) is 0 Å². The zero-order chi connectivity index (χ0) is 12.4. The van der Waals surface area contributed by atoms with Gasteiger partial charge in [-0.3, -0.25) is 5.10 Å². The third-order valence-electron chi connectivity index (χ3n) is 2.49. The number of ether oxygens (including phenoxy) is 1. The molecule has 90 valence electrons. The van der Waals surface area contributed by atoms with Gasteiger partial charge in [-0.1, -0.05) is 29.9 Å². The van der Waals surface area contributed by atoms with Crippen LogP contribution >= 0.6 is 23.8 Å². The predicted molar refractivity (Wildman–Crippen MR) is 71.4 cm³/mol. The minimum absolute atomic E-state index is 0.510. The number of rotatable bonds is 3. The largest absolute Gasteiger partial charge is 0.378 e. The molecule has 0 unspecified atom stereocenters. The summed E-state index contributed by atoms with van der Waals surface area (Å²) >= 11 is 11.4. The van der Waals surface area contributed by atoms with Crippen molar-refractivity contribution in [2.45, 2.75) is 13.5 Å². The van der Waals surface area contributed by atoms with Crippen molar-refractivity contribution in [3.05, 3.63) is 45.2 Å². The number of hydrogen-bond acceptors (Lipinski definition) is 2. The molecule has 0 saturated heterocycles. The summed E-state index contributed by atoms with van der Waals surface area (Å²) in [5, 5.41) is 3.90. The van der Waals surface area contributed by atoms with Gasteiger partial charge < -0.3 is 4.74 Å². The van der Waals surface area contributed by atoms with E-state index in [1.165, 1.54) is 0 Å². The monoisotopic (exact) mass is 268 g/mol. The van der Waals surface area contributed by atoms with Crippen LogP contribution < -0.4 is 0 Å². The lowest BCUT2D eigenvalue weighted by Crippen LogP contribution is -1.98. The Kier molecular flexibility index (Phi) is 3.66. The van der Waals surface area contributed by atoms with E-state index in [-0.39, 0.29) is 0 Å². The van der Waals surface area contributed by atoms with Crippen molar-refractivity contribution in [3.63, 3.8) is 0 Å². The highest BCUT2D eigenvalue weighted by atomic mass is 35.5. The maximum absolute atomic E-state index is 6.10. The number of nitrogens with one attached hydrogen (secondary N) is 1. The Hall–Kier alpha value is -1.10. The van der Waals surface area contributed by atoms with E-state index in [0.29, 0.717) is 11.2 Å². The highest BCUT2D eigenvalue weighted by molar-refractivity contribution is 7.71. The van der Waals surface area contributed by atoms with Crippen LogP contribution in [0.4, 0.5) is 0 Å². The molecule has 0 saturated carbocycles. The Morgan fingerprint density at radius 2 is 2.18 bits per heavy atom. The first-order valence-corrected chi connectivity index (χ1v) is 5.97. The molecular weight excluding hydrogens is 256 g/mol. The number of aromatic nitrogens is 2. The SMILES string of the molecule is COCc1cc(=S)n(-c2ccc(C)c(Cl)c2)[nH]1. The van der Waals surface area contributed by atoms with E-state index in [1.54, 1.807) is 7.11 Å². The molecule has 0 aliphatic heterocycles. The van der Waals surface area contributed by atoms with Crippen molar-refractivity contribution in [1.82, 2.24) is 9.78 Å². The standard InChI is InChI=1S/C12H13ClN2OS/c1-8-3-4-10(6-11(8)13)15-12(17)5-9(14-15)7-16-2/h3-6,14H,7H2,1-2H3. The first-order chi connectivity index (χ1) is 8.11. The topological polar surface area (TPSA) is 29.9 Å². The van der Waals surface area contributed by atoms with Gasteiger partial charge in [0.15, 0.2) is 0 Å². The van der Waals surface area contributed by atoms with Crippen molar-refractivity contribution < 1.29 is 4.74 Å². The number of aromatic amines is 1. The quantitative estimate of drug-likeness (QED) is 0.862. The molecule has 0 bridgehead atoms. The fourth-order valence-corrected chi connectivity index (χ4v) is 2.05. The van der Waals surface area contributed by atoms with Crippen LogP contribution in [0.3, 0.4) is 0 Å². The van der Waals surface area contributed by atoms with Crippen LogP contribution in [0, 0.1) is 11.6 Å². The molecule has 1 aromatic carbocycles. The summed E-state index contributed by atoms with van der Waals surface area (Å²) in [5.74, 6) is 0. The third-order valence-corrected chi connectivity index (χ3v) is 3.19. The molecule has 0 aliphatic rings. The summed E-state index contributed by atoms with van der Waals surface area (Å²) in [4.78, 5) is 0. The van der Waals surface area contributed by atoms with Crippen molar-refractivity contribution in [1.29, 1.82) is 0 Å². The first kappa shape index (κ1) is 12.4. The fourth-order valence-electron chi connectivity index (χ4n) is 1.59. The van der Waals surface area contributed by atoms with Gasteiger partial charge in [-0.2, -0.15) is 0 Å². The number of benzene rings is 1. The average Bonchev–Trinajstić information content (AvgIpc) is 2.64. The molecule has 0 atom stereocenters. The molecule has 1 aromatic heterocycles. The summed E-state index contributed by atoms with van der Waals surface area (Å²) in [6.07, 6.45) is 0. The molecule has 0 aliphatic carbocycles. The van der Waals surface area contributed by atoms with Gasteiger partial charge in [0.2, 0.25) is 0 Å². The predicted octanol–water partition coefficient (Wildman–Crippen LogP) is 3.64. The van der Waals surface area contributed by atoms with Gasteiger partial charge in [0.05, 0.1) is 18.0 Å². The second-order valence-corrected chi connectivity index (χ2v) is 4.65.